The van der Waals surface area contributed by atoms with Crippen molar-refractivity contribution in [3.63, 3.8) is 0 Å². The predicted octanol–water partition coefficient (Wildman–Crippen LogP) is 1.32. The molecule has 5 heteroatoms. The van der Waals surface area contributed by atoms with Gasteiger partial charge in [-0.2, -0.15) is 0 Å². The smallest absolute Gasteiger partial charge is 0.248 e. The summed E-state index contributed by atoms with van der Waals surface area (Å²) in [5.74, 6) is 0.354. The van der Waals surface area contributed by atoms with Crippen molar-refractivity contribution in [2.24, 2.45) is 5.92 Å². The van der Waals surface area contributed by atoms with Crippen molar-refractivity contribution >= 4 is 11.8 Å². The van der Waals surface area contributed by atoms with Crippen molar-refractivity contribution in [2.75, 3.05) is 26.3 Å². The third-order valence-electron chi connectivity index (χ3n) is 4.28. The van der Waals surface area contributed by atoms with Crippen molar-refractivity contribution < 1.29 is 14.3 Å². The van der Waals surface area contributed by atoms with Gasteiger partial charge in [0, 0.05) is 26.1 Å². The maximum absolute atomic E-state index is 12.7. The maximum atomic E-state index is 12.7. The van der Waals surface area contributed by atoms with Crippen LogP contribution in [-0.4, -0.2) is 48.6 Å². The summed E-state index contributed by atoms with van der Waals surface area (Å²) in [5.41, 5.74) is -0.697. The van der Waals surface area contributed by atoms with E-state index >= 15 is 0 Å². The molecule has 0 spiro atoms. The Morgan fingerprint density at radius 3 is 2.75 bits per heavy atom. The summed E-state index contributed by atoms with van der Waals surface area (Å²) in [7, 11) is 0. The molecule has 5 nitrogen and oxygen atoms in total. The van der Waals surface area contributed by atoms with Gasteiger partial charge in [-0.15, -0.1) is 0 Å². The Morgan fingerprint density at radius 2 is 2.10 bits per heavy atom. The van der Waals surface area contributed by atoms with Crippen LogP contribution in [0.15, 0.2) is 0 Å². The number of amides is 2. The SMILES string of the molecule is CCCCOCCN1CCC(=O)NC(C)(C2CC2)C1=O. The summed E-state index contributed by atoms with van der Waals surface area (Å²) in [5, 5.41) is 2.94. The van der Waals surface area contributed by atoms with Crippen molar-refractivity contribution in [3.8, 4) is 0 Å². The minimum Gasteiger partial charge on any atom is -0.380 e. The van der Waals surface area contributed by atoms with Crippen LogP contribution in [0.1, 0.15) is 46.0 Å². The minimum atomic E-state index is -0.697. The number of hydrogen-bond acceptors (Lipinski definition) is 3. The fourth-order valence-electron chi connectivity index (χ4n) is 2.75. The second kappa shape index (κ2) is 6.57. The van der Waals surface area contributed by atoms with Crippen LogP contribution in [0.3, 0.4) is 0 Å². The van der Waals surface area contributed by atoms with Crippen molar-refractivity contribution in [3.05, 3.63) is 0 Å². The fraction of sp³-hybridized carbons (Fsp3) is 0.867. The zero-order valence-electron chi connectivity index (χ0n) is 12.6. The zero-order chi connectivity index (χ0) is 14.6. The van der Waals surface area contributed by atoms with Crippen molar-refractivity contribution in [2.45, 2.75) is 51.5 Å². The molecule has 1 N–H and O–H groups in total. The summed E-state index contributed by atoms with van der Waals surface area (Å²) < 4.78 is 5.54. The first-order valence-electron chi connectivity index (χ1n) is 7.76. The summed E-state index contributed by atoms with van der Waals surface area (Å²) in [6.45, 7) is 6.39. The van der Waals surface area contributed by atoms with Gasteiger partial charge in [-0.05, 0) is 32.1 Å². The van der Waals surface area contributed by atoms with Gasteiger partial charge < -0.3 is 15.0 Å². The molecule has 1 aliphatic carbocycles. The van der Waals surface area contributed by atoms with E-state index < -0.39 is 5.54 Å². The summed E-state index contributed by atoms with van der Waals surface area (Å²) in [4.78, 5) is 26.3. The van der Waals surface area contributed by atoms with Crippen LogP contribution in [0.2, 0.25) is 0 Å². The molecule has 0 aromatic rings. The quantitative estimate of drug-likeness (QED) is 0.717. The Labute approximate surface area is 121 Å². The largest absolute Gasteiger partial charge is 0.380 e. The summed E-state index contributed by atoms with van der Waals surface area (Å²) in [6, 6.07) is 0. The molecule has 2 fully saturated rings. The number of ether oxygens (including phenoxy) is 1. The number of carbonyl (C=O) groups excluding carboxylic acids is 2. The van der Waals surface area contributed by atoms with E-state index in [1.165, 1.54) is 0 Å². The molecule has 2 aliphatic rings. The Kier molecular flexibility index (Phi) is 5.02. The van der Waals surface area contributed by atoms with Gasteiger partial charge in [0.15, 0.2) is 0 Å². The molecule has 2 amide bonds. The molecule has 1 atom stereocenters. The number of unbranched alkanes of at least 4 members (excludes halogenated alkanes) is 1. The molecular weight excluding hydrogens is 256 g/mol. The fourth-order valence-corrected chi connectivity index (χ4v) is 2.75. The maximum Gasteiger partial charge on any atom is 0.248 e. The number of nitrogens with zero attached hydrogens (tertiary/aromatic N) is 1. The van der Waals surface area contributed by atoms with E-state index in [1.807, 2.05) is 6.92 Å². The van der Waals surface area contributed by atoms with Crippen molar-refractivity contribution in [1.29, 1.82) is 0 Å². The van der Waals surface area contributed by atoms with E-state index in [0.717, 1.165) is 32.3 Å². The lowest BCUT2D eigenvalue weighted by atomic mass is 9.94. The van der Waals surface area contributed by atoms with Crippen LogP contribution in [0.25, 0.3) is 0 Å². The van der Waals surface area contributed by atoms with Gasteiger partial charge in [-0.25, -0.2) is 0 Å². The molecule has 2 rings (SSSR count). The molecular formula is C15H26N2O3. The topological polar surface area (TPSA) is 58.6 Å². The number of rotatable bonds is 7. The van der Waals surface area contributed by atoms with Crippen LogP contribution in [0.4, 0.5) is 0 Å². The Morgan fingerprint density at radius 1 is 1.35 bits per heavy atom. The Balaban J connectivity index is 1.90. The van der Waals surface area contributed by atoms with Crippen LogP contribution >= 0.6 is 0 Å². The van der Waals surface area contributed by atoms with E-state index in [4.69, 9.17) is 4.74 Å². The van der Waals surface area contributed by atoms with E-state index in [0.29, 0.717) is 32.0 Å². The third-order valence-corrected chi connectivity index (χ3v) is 4.28. The average molecular weight is 282 g/mol. The van der Waals surface area contributed by atoms with Gasteiger partial charge in [0.05, 0.1) is 6.61 Å². The molecule has 1 aliphatic heterocycles. The molecule has 0 bridgehead atoms. The van der Waals surface area contributed by atoms with Gasteiger partial charge in [-0.1, -0.05) is 13.3 Å². The van der Waals surface area contributed by atoms with E-state index in [9.17, 15) is 9.59 Å². The minimum absolute atomic E-state index is 0.0119. The van der Waals surface area contributed by atoms with Gasteiger partial charge in [0.25, 0.3) is 0 Å². The molecule has 0 aromatic heterocycles. The molecule has 114 valence electrons. The first-order chi connectivity index (χ1) is 9.58. The van der Waals surface area contributed by atoms with Crippen LogP contribution in [0.5, 0.6) is 0 Å². The van der Waals surface area contributed by atoms with Crippen LogP contribution in [-0.2, 0) is 14.3 Å². The number of carbonyl (C=O) groups is 2. The first kappa shape index (κ1) is 15.3. The highest BCUT2D eigenvalue weighted by Gasteiger charge is 2.50. The Bertz CT molecular complexity index is 368. The number of nitrogens with one attached hydrogen (secondary N) is 1. The molecule has 0 radical (unpaired) electrons. The summed E-state index contributed by atoms with van der Waals surface area (Å²) in [6.07, 6.45) is 4.62. The lowest BCUT2D eigenvalue weighted by Crippen LogP contribution is -2.57. The molecule has 20 heavy (non-hydrogen) atoms. The van der Waals surface area contributed by atoms with Gasteiger partial charge in [0.2, 0.25) is 11.8 Å². The van der Waals surface area contributed by atoms with Crippen LogP contribution < -0.4 is 5.32 Å². The highest BCUT2D eigenvalue weighted by Crippen LogP contribution is 2.41. The molecule has 1 heterocycles. The second-order valence-corrected chi connectivity index (χ2v) is 6.03. The van der Waals surface area contributed by atoms with E-state index in [-0.39, 0.29) is 11.8 Å². The van der Waals surface area contributed by atoms with Gasteiger partial charge >= 0.3 is 0 Å². The Hall–Kier alpha value is -1.10. The first-order valence-corrected chi connectivity index (χ1v) is 7.76. The summed E-state index contributed by atoms with van der Waals surface area (Å²) >= 11 is 0. The molecule has 1 unspecified atom stereocenters. The number of hydrogen-bond donors (Lipinski definition) is 1. The van der Waals surface area contributed by atoms with Crippen molar-refractivity contribution in [1.82, 2.24) is 10.2 Å². The lowest BCUT2D eigenvalue weighted by molar-refractivity contribution is -0.139. The second-order valence-electron chi connectivity index (χ2n) is 6.03. The highest BCUT2D eigenvalue weighted by molar-refractivity contribution is 5.93. The normalized spacial score (nSPS) is 27.4. The molecule has 1 saturated carbocycles. The zero-order valence-corrected chi connectivity index (χ0v) is 12.6. The average Bonchev–Trinajstić information content (AvgIpc) is 3.25. The van der Waals surface area contributed by atoms with Crippen LogP contribution in [0, 0.1) is 5.92 Å². The highest BCUT2D eigenvalue weighted by atomic mass is 16.5. The predicted molar refractivity (Wildman–Crippen MR) is 76.2 cm³/mol. The molecule has 0 aromatic carbocycles. The van der Waals surface area contributed by atoms with Gasteiger partial charge in [-0.3, -0.25) is 9.59 Å². The monoisotopic (exact) mass is 282 g/mol. The lowest BCUT2D eigenvalue weighted by Gasteiger charge is -2.32. The molecule has 1 saturated heterocycles. The van der Waals surface area contributed by atoms with E-state index in [2.05, 4.69) is 12.2 Å². The standard InChI is InChI=1S/C15H26N2O3/c1-3-4-10-20-11-9-17-8-7-13(18)16-15(2,14(17)19)12-5-6-12/h12H,3-11H2,1-2H3,(H,16,18). The van der Waals surface area contributed by atoms with E-state index in [1.54, 1.807) is 4.90 Å². The van der Waals surface area contributed by atoms with Gasteiger partial charge in [0.1, 0.15) is 5.54 Å². The third kappa shape index (κ3) is 3.51.